The number of nitrogens with zero attached hydrogens (tertiary/aromatic N) is 2. The van der Waals surface area contributed by atoms with Crippen LogP contribution in [-0.2, 0) is 17.9 Å². The highest BCUT2D eigenvalue weighted by molar-refractivity contribution is 14.0. The third-order valence-electron chi connectivity index (χ3n) is 4.57. The van der Waals surface area contributed by atoms with Crippen molar-refractivity contribution in [2.24, 2.45) is 4.99 Å². The molecular weight excluding hydrogens is 439 g/mol. The molecule has 148 valence electrons. The molecule has 0 spiro atoms. The molecule has 2 N–H and O–H groups in total. The lowest BCUT2D eigenvalue weighted by molar-refractivity contribution is 0.185. The summed E-state index contributed by atoms with van der Waals surface area (Å²) in [5.74, 6) is 0.928. The summed E-state index contributed by atoms with van der Waals surface area (Å²) in [7, 11) is 1.72. The predicted octanol–water partition coefficient (Wildman–Crippen LogP) is 3.38. The van der Waals surface area contributed by atoms with E-state index in [0.717, 1.165) is 12.5 Å². The van der Waals surface area contributed by atoms with Crippen molar-refractivity contribution in [3.05, 3.63) is 35.4 Å². The van der Waals surface area contributed by atoms with Gasteiger partial charge >= 0.3 is 0 Å². The number of hydrogen-bond acceptors (Lipinski definition) is 3. The van der Waals surface area contributed by atoms with Crippen molar-refractivity contribution in [2.45, 2.75) is 52.3 Å². The van der Waals surface area contributed by atoms with Gasteiger partial charge in [0.25, 0.3) is 0 Å². The molecule has 1 fully saturated rings. The molecular formula is C20H35IN4O. The van der Waals surface area contributed by atoms with Crippen molar-refractivity contribution >= 4 is 29.9 Å². The second-order valence-electron chi connectivity index (χ2n) is 6.70. The van der Waals surface area contributed by atoms with Crippen LogP contribution in [0.4, 0.5) is 0 Å². The number of nitrogens with one attached hydrogen (secondary N) is 2. The van der Waals surface area contributed by atoms with Crippen LogP contribution in [0.1, 0.15) is 44.2 Å². The molecule has 0 unspecified atom stereocenters. The molecule has 5 nitrogen and oxygen atoms in total. The zero-order chi connectivity index (χ0) is 17.9. The summed E-state index contributed by atoms with van der Waals surface area (Å²) in [4.78, 5) is 7.32. The van der Waals surface area contributed by atoms with Crippen LogP contribution in [0.3, 0.4) is 0 Å². The van der Waals surface area contributed by atoms with Gasteiger partial charge in [-0.05, 0) is 43.9 Å². The summed E-state index contributed by atoms with van der Waals surface area (Å²) in [6.07, 6.45) is 3.62. The molecule has 1 aliphatic heterocycles. The minimum atomic E-state index is 0. The van der Waals surface area contributed by atoms with Crippen LogP contribution >= 0.6 is 24.0 Å². The van der Waals surface area contributed by atoms with Crippen LogP contribution in [0.5, 0.6) is 0 Å². The number of halogens is 1. The van der Waals surface area contributed by atoms with Crippen LogP contribution in [0.15, 0.2) is 29.3 Å². The van der Waals surface area contributed by atoms with Gasteiger partial charge in [0.05, 0.1) is 13.2 Å². The lowest BCUT2D eigenvalue weighted by Crippen LogP contribution is -2.48. The molecule has 0 aromatic heterocycles. The summed E-state index contributed by atoms with van der Waals surface area (Å²) < 4.78 is 5.15. The maximum Gasteiger partial charge on any atom is 0.191 e. The Morgan fingerprint density at radius 1 is 1.15 bits per heavy atom. The van der Waals surface area contributed by atoms with Gasteiger partial charge in [-0.3, -0.25) is 0 Å². The van der Waals surface area contributed by atoms with E-state index >= 15 is 0 Å². The van der Waals surface area contributed by atoms with Crippen LogP contribution in [-0.4, -0.2) is 50.2 Å². The normalized spacial score (nSPS) is 16.2. The molecule has 1 heterocycles. The zero-order valence-electron chi connectivity index (χ0n) is 16.5. The van der Waals surface area contributed by atoms with Crippen LogP contribution in [0, 0.1) is 0 Å². The first-order valence-corrected chi connectivity index (χ1v) is 9.59. The largest absolute Gasteiger partial charge is 0.380 e. The van der Waals surface area contributed by atoms with Gasteiger partial charge in [0.2, 0.25) is 0 Å². The minimum Gasteiger partial charge on any atom is -0.380 e. The van der Waals surface area contributed by atoms with E-state index in [-0.39, 0.29) is 24.0 Å². The molecule has 1 aromatic rings. The molecule has 0 aliphatic carbocycles. The highest BCUT2D eigenvalue weighted by Gasteiger charge is 2.19. The third-order valence-corrected chi connectivity index (χ3v) is 4.57. The monoisotopic (exact) mass is 474 g/mol. The summed E-state index contributed by atoms with van der Waals surface area (Å²) in [6.45, 7) is 10.2. The average molecular weight is 474 g/mol. The van der Waals surface area contributed by atoms with Crippen LogP contribution in [0.25, 0.3) is 0 Å². The Morgan fingerprint density at radius 2 is 1.81 bits per heavy atom. The Morgan fingerprint density at radius 3 is 2.38 bits per heavy atom. The van der Waals surface area contributed by atoms with E-state index in [9.17, 15) is 0 Å². The van der Waals surface area contributed by atoms with E-state index < -0.39 is 0 Å². The quantitative estimate of drug-likeness (QED) is 0.345. The molecule has 1 aromatic carbocycles. The Balaban J connectivity index is 0.00000338. The van der Waals surface area contributed by atoms with E-state index in [2.05, 4.69) is 53.6 Å². The van der Waals surface area contributed by atoms with Gasteiger partial charge in [0.15, 0.2) is 5.96 Å². The Kier molecular flexibility index (Phi) is 11.9. The highest BCUT2D eigenvalue weighted by atomic mass is 127. The summed E-state index contributed by atoms with van der Waals surface area (Å²) in [5.41, 5.74) is 2.41. The van der Waals surface area contributed by atoms with Gasteiger partial charge in [0.1, 0.15) is 0 Å². The maximum atomic E-state index is 5.15. The molecule has 0 atom stereocenters. The number of ether oxygens (including phenoxy) is 1. The first kappa shape index (κ1) is 23.2. The number of likely N-dealkylation sites (tertiary alicyclic amines) is 1. The first-order valence-electron chi connectivity index (χ1n) is 9.59. The predicted molar refractivity (Wildman–Crippen MR) is 120 cm³/mol. The second kappa shape index (κ2) is 13.3. The van der Waals surface area contributed by atoms with Gasteiger partial charge in [-0.15, -0.1) is 24.0 Å². The van der Waals surface area contributed by atoms with E-state index in [1.54, 1.807) is 7.11 Å². The molecule has 1 saturated heterocycles. The van der Waals surface area contributed by atoms with Crippen molar-refractivity contribution < 1.29 is 4.74 Å². The molecule has 6 heteroatoms. The second-order valence-corrected chi connectivity index (χ2v) is 6.70. The highest BCUT2D eigenvalue weighted by Crippen LogP contribution is 2.11. The van der Waals surface area contributed by atoms with Crippen molar-refractivity contribution in [1.29, 1.82) is 0 Å². The smallest absolute Gasteiger partial charge is 0.191 e. The Labute approximate surface area is 176 Å². The Bertz CT molecular complexity index is 513. The average Bonchev–Trinajstić information content (AvgIpc) is 2.63. The number of rotatable bonds is 8. The SMILES string of the molecule is CCCN1CCC(NC(=NCc2ccc(COC)cc2)NCC)CC1.I. The Hall–Kier alpha value is -0.860. The summed E-state index contributed by atoms with van der Waals surface area (Å²) >= 11 is 0. The van der Waals surface area contributed by atoms with E-state index in [0.29, 0.717) is 19.2 Å². The number of piperidine rings is 1. The molecule has 26 heavy (non-hydrogen) atoms. The molecule has 0 saturated carbocycles. The zero-order valence-corrected chi connectivity index (χ0v) is 18.8. The van der Waals surface area contributed by atoms with Crippen molar-refractivity contribution in [3.63, 3.8) is 0 Å². The first-order chi connectivity index (χ1) is 12.2. The van der Waals surface area contributed by atoms with Gasteiger partial charge in [-0.1, -0.05) is 31.2 Å². The molecule has 1 aliphatic rings. The fraction of sp³-hybridized carbons (Fsp3) is 0.650. The number of hydrogen-bond donors (Lipinski definition) is 2. The molecule has 0 bridgehead atoms. The molecule has 2 rings (SSSR count). The maximum absolute atomic E-state index is 5.15. The fourth-order valence-electron chi connectivity index (χ4n) is 3.21. The van der Waals surface area contributed by atoms with Crippen molar-refractivity contribution in [2.75, 3.05) is 33.3 Å². The van der Waals surface area contributed by atoms with Crippen molar-refractivity contribution in [3.8, 4) is 0 Å². The van der Waals surface area contributed by atoms with Crippen molar-refractivity contribution in [1.82, 2.24) is 15.5 Å². The van der Waals surface area contributed by atoms with E-state index in [4.69, 9.17) is 9.73 Å². The fourth-order valence-corrected chi connectivity index (χ4v) is 3.21. The van der Waals surface area contributed by atoms with Gasteiger partial charge in [-0.25, -0.2) is 4.99 Å². The van der Waals surface area contributed by atoms with E-state index in [1.165, 1.54) is 50.0 Å². The lowest BCUT2D eigenvalue weighted by atomic mass is 10.1. The van der Waals surface area contributed by atoms with Gasteiger partial charge < -0.3 is 20.3 Å². The summed E-state index contributed by atoms with van der Waals surface area (Å²) in [6, 6.07) is 9.00. The van der Waals surface area contributed by atoms with Gasteiger partial charge in [-0.2, -0.15) is 0 Å². The summed E-state index contributed by atoms with van der Waals surface area (Å²) in [5, 5.41) is 6.99. The number of methoxy groups -OCH3 is 1. The van der Waals surface area contributed by atoms with Crippen LogP contribution < -0.4 is 10.6 Å². The van der Waals surface area contributed by atoms with Gasteiger partial charge in [0, 0.05) is 32.8 Å². The molecule has 0 radical (unpaired) electrons. The number of benzene rings is 1. The minimum absolute atomic E-state index is 0. The third kappa shape index (κ3) is 8.22. The number of aliphatic imine (C=N–C) groups is 1. The number of guanidine groups is 1. The van der Waals surface area contributed by atoms with E-state index in [1.807, 2.05) is 0 Å². The standard InChI is InChI=1S/C20H34N4O.HI/c1-4-12-24-13-10-19(11-14-24)23-20(21-5-2)22-15-17-6-8-18(9-7-17)16-25-3;/h6-9,19H,4-5,10-16H2,1-3H3,(H2,21,22,23);1H. The topological polar surface area (TPSA) is 48.9 Å². The lowest BCUT2D eigenvalue weighted by Gasteiger charge is -2.32. The molecule has 0 amide bonds. The van der Waals surface area contributed by atoms with Crippen LogP contribution in [0.2, 0.25) is 0 Å².